The van der Waals surface area contributed by atoms with E-state index in [1.54, 1.807) is 10.8 Å². The van der Waals surface area contributed by atoms with Gasteiger partial charge in [0.2, 0.25) is 0 Å². The molecule has 1 aliphatic rings. The second-order valence-electron chi connectivity index (χ2n) is 8.81. The zero-order valence-electron chi connectivity index (χ0n) is 18.6. The highest BCUT2D eigenvalue weighted by Gasteiger charge is 2.22. The van der Waals surface area contributed by atoms with Crippen molar-refractivity contribution in [3.05, 3.63) is 118 Å². The number of aryl methyl sites for hydroxylation is 1. The number of hydrogen-bond acceptors (Lipinski definition) is 3. The molecule has 1 amide bonds. The normalized spacial score (nSPS) is 15.4. The Morgan fingerprint density at radius 2 is 1.79 bits per heavy atom. The molecule has 1 N–H and O–H groups in total. The number of benzene rings is 2. The lowest BCUT2D eigenvalue weighted by Crippen LogP contribution is -2.31. The van der Waals surface area contributed by atoms with Gasteiger partial charge in [0.05, 0.1) is 18.1 Å². The van der Waals surface area contributed by atoms with Crippen molar-refractivity contribution in [2.75, 3.05) is 0 Å². The fourth-order valence-corrected chi connectivity index (χ4v) is 5.02. The lowest BCUT2D eigenvalue weighted by Gasteiger charge is -2.26. The minimum absolute atomic E-state index is 0.0434. The average molecular weight is 449 g/mol. The molecule has 2 aromatic carbocycles. The van der Waals surface area contributed by atoms with Crippen LogP contribution in [0.1, 0.15) is 45.9 Å². The highest BCUT2D eigenvalue weighted by molar-refractivity contribution is 5.94. The van der Waals surface area contributed by atoms with Crippen molar-refractivity contribution in [1.29, 1.82) is 0 Å². The lowest BCUT2D eigenvalue weighted by molar-refractivity contribution is 0.0932. The summed E-state index contributed by atoms with van der Waals surface area (Å²) in [4.78, 5) is 30.6. The van der Waals surface area contributed by atoms with E-state index in [1.165, 1.54) is 11.1 Å². The van der Waals surface area contributed by atoms with Crippen molar-refractivity contribution in [3.8, 4) is 0 Å². The van der Waals surface area contributed by atoms with Crippen LogP contribution in [0, 0.1) is 0 Å². The number of carbonyl (C=O) groups is 1. The van der Waals surface area contributed by atoms with Crippen LogP contribution in [-0.2, 0) is 13.0 Å². The van der Waals surface area contributed by atoms with E-state index in [4.69, 9.17) is 0 Å². The maximum atomic E-state index is 13.1. The van der Waals surface area contributed by atoms with Crippen molar-refractivity contribution in [2.24, 2.45) is 0 Å². The van der Waals surface area contributed by atoms with E-state index >= 15 is 0 Å². The van der Waals surface area contributed by atoms with E-state index in [0.717, 1.165) is 30.3 Å². The van der Waals surface area contributed by atoms with Crippen molar-refractivity contribution in [1.82, 2.24) is 19.3 Å². The van der Waals surface area contributed by atoms with Crippen LogP contribution >= 0.6 is 0 Å². The van der Waals surface area contributed by atoms with Crippen LogP contribution in [0.25, 0.3) is 16.7 Å². The molecule has 0 fully saturated rings. The number of aromatic nitrogens is 3. The topological polar surface area (TPSA) is 68.4 Å². The number of hydrogen-bond donors (Lipinski definition) is 1. The monoisotopic (exact) mass is 448 g/mol. The van der Waals surface area contributed by atoms with Gasteiger partial charge >= 0.3 is 0 Å². The molecule has 5 aromatic rings. The first-order chi connectivity index (χ1) is 16.7. The summed E-state index contributed by atoms with van der Waals surface area (Å²) in [6.07, 6.45) is 6.67. The maximum Gasteiger partial charge on any atom is 0.276 e. The predicted octanol–water partition coefficient (Wildman–Crippen LogP) is 4.50. The molecule has 0 saturated heterocycles. The smallest absolute Gasteiger partial charge is 0.276 e. The summed E-state index contributed by atoms with van der Waals surface area (Å²) < 4.78 is 3.57. The van der Waals surface area contributed by atoms with E-state index in [-0.39, 0.29) is 17.5 Å². The molecule has 0 unspecified atom stereocenters. The Labute approximate surface area is 196 Å². The summed E-state index contributed by atoms with van der Waals surface area (Å²) in [6, 6.07) is 23.4. The third-order valence-electron chi connectivity index (χ3n) is 6.73. The molecule has 6 heteroatoms. The van der Waals surface area contributed by atoms with Crippen LogP contribution in [0.15, 0.2) is 90.0 Å². The summed E-state index contributed by atoms with van der Waals surface area (Å²) in [5.74, 6) is -0.0767. The molecule has 0 bridgehead atoms. The molecule has 0 spiro atoms. The molecule has 1 atom stereocenters. The molecule has 3 aromatic heterocycles. The van der Waals surface area contributed by atoms with Crippen LogP contribution in [0.4, 0.5) is 0 Å². The Morgan fingerprint density at radius 3 is 2.68 bits per heavy atom. The fourth-order valence-electron chi connectivity index (χ4n) is 5.02. The number of carbonyl (C=O) groups excluding carboxylic acids is 1. The van der Waals surface area contributed by atoms with Crippen LogP contribution in [0.3, 0.4) is 0 Å². The third kappa shape index (κ3) is 3.48. The average Bonchev–Trinajstić information content (AvgIpc) is 3.38. The summed E-state index contributed by atoms with van der Waals surface area (Å²) in [5, 5.41) is 3.20. The standard InChI is InChI=1S/C28H24N4O2/c33-27(30-23-9-3-7-20-6-1-2-8-22(20)23)21-14-12-19(13-15-21)18-32-26-24(10-4-16-29-26)31-17-5-11-25(31)28(32)34/h1-2,4-6,8,10-17,23H,3,7,9,18H2,(H,30,33)/t23-/m0/s1. The van der Waals surface area contributed by atoms with Gasteiger partial charge in [-0.2, -0.15) is 0 Å². The minimum Gasteiger partial charge on any atom is -0.345 e. The SMILES string of the molecule is O=C(N[C@H]1CCCc2ccccc21)c1ccc(Cn2c(=O)c3cccn3c3cccnc32)cc1. The second kappa shape index (κ2) is 8.30. The van der Waals surface area contributed by atoms with Gasteiger partial charge in [-0.05, 0) is 72.4 Å². The Hall–Kier alpha value is -4.19. The Balaban J connectivity index is 1.26. The van der Waals surface area contributed by atoms with Crippen LogP contribution in [0.2, 0.25) is 0 Å². The van der Waals surface area contributed by atoms with E-state index in [2.05, 4.69) is 28.5 Å². The first kappa shape index (κ1) is 20.4. The Morgan fingerprint density at radius 1 is 0.971 bits per heavy atom. The molecular formula is C28H24N4O2. The molecular weight excluding hydrogens is 424 g/mol. The van der Waals surface area contributed by atoms with Gasteiger partial charge < -0.3 is 9.72 Å². The highest BCUT2D eigenvalue weighted by Crippen LogP contribution is 2.29. The van der Waals surface area contributed by atoms with Crippen molar-refractivity contribution in [2.45, 2.75) is 31.8 Å². The number of amides is 1. The quantitative estimate of drug-likeness (QED) is 0.440. The highest BCUT2D eigenvalue weighted by atomic mass is 16.1. The Bertz CT molecular complexity index is 1580. The fraction of sp³-hybridized carbons (Fsp3) is 0.179. The lowest BCUT2D eigenvalue weighted by atomic mass is 9.87. The molecule has 6 rings (SSSR count). The summed E-state index contributed by atoms with van der Waals surface area (Å²) >= 11 is 0. The molecule has 6 nitrogen and oxygen atoms in total. The van der Waals surface area contributed by atoms with E-state index < -0.39 is 0 Å². The predicted molar refractivity (Wildman–Crippen MR) is 132 cm³/mol. The summed E-state index contributed by atoms with van der Waals surface area (Å²) in [7, 11) is 0. The van der Waals surface area contributed by atoms with Crippen molar-refractivity contribution in [3.63, 3.8) is 0 Å². The minimum atomic E-state index is -0.0889. The zero-order chi connectivity index (χ0) is 23.1. The summed E-state index contributed by atoms with van der Waals surface area (Å²) in [6.45, 7) is 0.381. The molecule has 168 valence electrons. The third-order valence-corrected chi connectivity index (χ3v) is 6.73. The van der Waals surface area contributed by atoms with E-state index in [1.807, 2.05) is 65.2 Å². The van der Waals surface area contributed by atoms with Gasteiger partial charge in [0.1, 0.15) is 5.52 Å². The first-order valence-corrected chi connectivity index (χ1v) is 11.6. The largest absolute Gasteiger partial charge is 0.345 e. The van der Waals surface area contributed by atoms with Gasteiger partial charge in [0.15, 0.2) is 5.65 Å². The number of fused-ring (bicyclic) bond motifs is 4. The van der Waals surface area contributed by atoms with Crippen LogP contribution < -0.4 is 10.9 Å². The Kier molecular flexibility index (Phi) is 4.99. The summed E-state index contributed by atoms with van der Waals surface area (Å²) in [5.41, 5.74) is 6.13. The van der Waals surface area contributed by atoms with Gasteiger partial charge in [-0.15, -0.1) is 0 Å². The van der Waals surface area contributed by atoms with Gasteiger partial charge in [0, 0.05) is 18.0 Å². The zero-order valence-corrected chi connectivity index (χ0v) is 18.6. The number of nitrogens with one attached hydrogen (secondary N) is 1. The molecule has 0 aliphatic heterocycles. The molecule has 34 heavy (non-hydrogen) atoms. The molecule has 1 aliphatic carbocycles. The molecule has 0 radical (unpaired) electrons. The number of rotatable bonds is 4. The molecule has 3 heterocycles. The van der Waals surface area contributed by atoms with E-state index in [0.29, 0.717) is 23.3 Å². The van der Waals surface area contributed by atoms with Gasteiger partial charge in [-0.1, -0.05) is 36.4 Å². The van der Waals surface area contributed by atoms with E-state index in [9.17, 15) is 9.59 Å². The van der Waals surface area contributed by atoms with Crippen molar-refractivity contribution >= 4 is 22.6 Å². The van der Waals surface area contributed by atoms with Crippen molar-refractivity contribution < 1.29 is 4.79 Å². The van der Waals surface area contributed by atoms with Gasteiger partial charge in [-0.25, -0.2) is 4.98 Å². The maximum absolute atomic E-state index is 13.1. The number of nitrogens with zero attached hydrogens (tertiary/aromatic N) is 3. The molecule has 0 saturated carbocycles. The van der Waals surface area contributed by atoms with Gasteiger partial charge in [-0.3, -0.25) is 14.2 Å². The second-order valence-corrected chi connectivity index (χ2v) is 8.81. The first-order valence-electron chi connectivity index (χ1n) is 11.6. The van der Waals surface area contributed by atoms with Crippen LogP contribution in [0.5, 0.6) is 0 Å². The number of pyridine rings is 1. The van der Waals surface area contributed by atoms with Gasteiger partial charge in [0.25, 0.3) is 11.5 Å². The van der Waals surface area contributed by atoms with Crippen LogP contribution in [-0.4, -0.2) is 19.9 Å².